The minimum Gasteiger partial charge on any atom is -0.485 e. The zero-order chi connectivity index (χ0) is 11.5. The molecular weight excluding hydrogens is 202 g/mol. The van der Waals surface area contributed by atoms with Gasteiger partial charge in [-0.2, -0.15) is 0 Å². The van der Waals surface area contributed by atoms with Crippen LogP contribution in [0.2, 0.25) is 0 Å². The minimum absolute atomic E-state index is 0.0874. The Morgan fingerprint density at radius 3 is 2.75 bits per heavy atom. The van der Waals surface area contributed by atoms with Crippen molar-refractivity contribution in [3.63, 3.8) is 0 Å². The highest BCUT2D eigenvalue weighted by atomic mass is 16.5. The maximum absolute atomic E-state index is 11.4. The molecule has 1 aliphatic heterocycles. The van der Waals surface area contributed by atoms with Gasteiger partial charge in [0.05, 0.1) is 5.56 Å². The Kier molecular flexibility index (Phi) is 3.25. The quantitative estimate of drug-likeness (QED) is 0.776. The Labute approximate surface area is 96.0 Å². The lowest BCUT2D eigenvalue weighted by Crippen LogP contribution is -2.22. The van der Waals surface area contributed by atoms with E-state index >= 15 is 0 Å². The number of benzene rings is 1. The van der Waals surface area contributed by atoms with E-state index < -0.39 is 0 Å². The summed E-state index contributed by atoms with van der Waals surface area (Å²) < 4.78 is 5.33. The summed E-state index contributed by atoms with van der Waals surface area (Å²) in [6, 6.07) is 5.88. The zero-order valence-electron chi connectivity index (χ0n) is 9.82. The second-order valence-corrected chi connectivity index (χ2v) is 4.00. The van der Waals surface area contributed by atoms with Crippen LogP contribution in [0.3, 0.4) is 0 Å². The summed E-state index contributed by atoms with van der Waals surface area (Å²) in [5, 5.41) is 0. The normalized spacial score (nSPS) is 14.1. The fourth-order valence-corrected chi connectivity index (χ4v) is 1.94. The molecule has 1 heterocycles. The monoisotopic (exact) mass is 219 g/mol. The fraction of sp³-hybridized carbons (Fsp3) is 0.462. The van der Waals surface area contributed by atoms with E-state index in [0.29, 0.717) is 0 Å². The molecule has 1 aromatic rings. The zero-order valence-corrected chi connectivity index (χ0v) is 9.82. The molecule has 0 aromatic heterocycles. The molecule has 0 spiro atoms. The number of hydrogen-bond acceptors (Lipinski definition) is 3. The van der Waals surface area contributed by atoms with Crippen LogP contribution in [-0.4, -0.2) is 30.4 Å². The molecule has 0 N–H and O–H groups in total. The van der Waals surface area contributed by atoms with Crippen molar-refractivity contribution in [2.45, 2.75) is 20.4 Å². The number of carbonyl (C=O) groups excluding carboxylic acids is 1. The predicted octanol–water partition coefficient (Wildman–Crippen LogP) is 2.10. The number of fused-ring (bicyclic) bond motifs is 1. The molecule has 0 unspecified atom stereocenters. The van der Waals surface area contributed by atoms with E-state index in [1.807, 2.05) is 18.2 Å². The van der Waals surface area contributed by atoms with Crippen LogP contribution in [0.15, 0.2) is 18.2 Å². The van der Waals surface area contributed by atoms with E-state index in [4.69, 9.17) is 4.74 Å². The molecule has 16 heavy (non-hydrogen) atoms. The number of rotatable bonds is 4. The van der Waals surface area contributed by atoms with Crippen LogP contribution in [0.1, 0.15) is 29.8 Å². The molecule has 1 aliphatic rings. The van der Waals surface area contributed by atoms with Crippen molar-refractivity contribution < 1.29 is 9.53 Å². The molecule has 0 aliphatic carbocycles. The van der Waals surface area contributed by atoms with Gasteiger partial charge in [0.2, 0.25) is 5.78 Å². The van der Waals surface area contributed by atoms with Crippen molar-refractivity contribution in [3.05, 3.63) is 29.3 Å². The lowest BCUT2D eigenvalue weighted by atomic mass is 10.1. The van der Waals surface area contributed by atoms with Crippen molar-refractivity contribution in [2.75, 3.05) is 19.7 Å². The van der Waals surface area contributed by atoms with E-state index in [1.54, 1.807) is 0 Å². The molecule has 0 saturated carbocycles. The van der Waals surface area contributed by atoms with Gasteiger partial charge < -0.3 is 4.74 Å². The van der Waals surface area contributed by atoms with Crippen LogP contribution in [0.5, 0.6) is 5.75 Å². The van der Waals surface area contributed by atoms with Gasteiger partial charge in [-0.1, -0.05) is 19.9 Å². The summed E-state index contributed by atoms with van der Waals surface area (Å²) in [6.45, 7) is 7.48. The first-order valence-corrected chi connectivity index (χ1v) is 5.75. The van der Waals surface area contributed by atoms with Gasteiger partial charge in [-0.15, -0.1) is 0 Å². The second-order valence-electron chi connectivity index (χ2n) is 4.00. The average Bonchev–Trinajstić information content (AvgIpc) is 2.68. The van der Waals surface area contributed by atoms with Gasteiger partial charge in [-0.25, -0.2) is 0 Å². The van der Waals surface area contributed by atoms with Crippen molar-refractivity contribution in [1.82, 2.24) is 4.90 Å². The molecule has 0 bridgehead atoms. The highest BCUT2D eigenvalue weighted by Gasteiger charge is 2.20. The third-order valence-corrected chi connectivity index (χ3v) is 3.01. The molecule has 86 valence electrons. The smallest absolute Gasteiger partial charge is 0.203 e. The molecule has 3 nitrogen and oxygen atoms in total. The van der Waals surface area contributed by atoms with Gasteiger partial charge in [0.15, 0.2) is 6.61 Å². The van der Waals surface area contributed by atoms with E-state index in [-0.39, 0.29) is 12.4 Å². The third kappa shape index (κ3) is 2.09. The number of carbonyl (C=O) groups is 1. The van der Waals surface area contributed by atoms with Gasteiger partial charge in [0.1, 0.15) is 5.75 Å². The number of ketones is 1. The van der Waals surface area contributed by atoms with Gasteiger partial charge in [0, 0.05) is 6.54 Å². The first-order valence-electron chi connectivity index (χ1n) is 5.75. The predicted molar refractivity (Wildman–Crippen MR) is 62.9 cm³/mol. The second kappa shape index (κ2) is 4.66. The number of nitrogens with zero attached hydrogens (tertiary/aromatic N) is 1. The Morgan fingerprint density at radius 1 is 1.31 bits per heavy atom. The van der Waals surface area contributed by atoms with Crippen molar-refractivity contribution >= 4 is 5.78 Å². The Balaban J connectivity index is 2.16. The first-order chi connectivity index (χ1) is 7.74. The van der Waals surface area contributed by atoms with Crippen LogP contribution in [0.25, 0.3) is 0 Å². The molecule has 3 heteroatoms. The molecule has 0 amide bonds. The molecule has 2 rings (SSSR count). The summed E-state index contributed by atoms with van der Waals surface area (Å²) in [5.41, 5.74) is 1.93. The van der Waals surface area contributed by atoms with Crippen molar-refractivity contribution in [3.8, 4) is 5.75 Å². The first kappa shape index (κ1) is 11.1. The summed E-state index contributed by atoms with van der Waals surface area (Å²) in [5.74, 6) is 0.832. The number of hydrogen-bond donors (Lipinski definition) is 0. The van der Waals surface area contributed by atoms with Crippen LogP contribution in [-0.2, 0) is 6.54 Å². The highest BCUT2D eigenvalue weighted by Crippen LogP contribution is 2.26. The summed E-state index contributed by atoms with van der Waals surface area (Å²) >= 11 is 0. The van der Waals surface area contributed by atoms with Gasteiger partial charge in [0.25, 0.3) is 0 Å². The van der Waals surface area contributed by atoms with Gasteiger partial charge in [-0.3, -0.25) is 9.69 Å². The maximum atomic E-state index is 11.4. The average molecular weight is 219 g/mol. The Morgan fingerprint density at radius 2 is 2.06 bits per heavy atom. The summed E-state index contributed by atoms with van der Waals surface area (Å²) in [7, 11) is 0. The molecular formula is C13H17NO2. The molecule has 0 atom stereocenters. The maximum Gasteiger partial charge on any atom is 0.203 e. The lowest BCUT2D eigenvalue weighted by Gasteiger charge is -2.18. The standard InChI is InChI=1S/C13H17NO2/c1-3-14(4-2)8-10-5-6-11-12(15)9-16-13(11)7-10/h5-7H,3-4,8-9H2,1-2H3. The van der Waals surface area contributed by atoms with Crippen molar-refractivity contribution in [1.29, 1.82) is 0 Å². The highest BCUT2D eigenvalue weighted by molar-refractivity contribution is 6.02. The fourth-order valence-electron chi connectivity index (χ4n) is 1.94. The molecule has 1 aromatic carbocycles. The Hall–Kier alpha value is -1.35. The van der Waals surface area contributed by atoms with Crippen LogP contribution < -0.4 is 4.74 Å². The van der Waals surface area contributed by atoms with Gasteiger partial charge in [-0.05, 0) is 30.8 Å². The lowest BCUT2D eigenvalue weighted by molar-refractivity contribution is 0.0961. The summed E-state index contributed by atoms with van der Waals surface area (Å²) in [4.78, 5) is 13.7. The van der Waals surface area contributed by atoms with E-state index in [1.165, 1.54) is 5.56 Å². The van der Waals surface area contributed by atoms with E-state index in [9.17, 15) is 4.79 Å². The van der Waals surface area contributed by atoms with Gasteiger partial charge >= 0.3 is 0 Å². The minimum atomic E-state index is 0.0874. The topological polar surface area (TPSA) is 29.5 Å². The van der Waals surface area contributed by atoms with Crippen molar-refractivity contribution in [2.24, 2.45) is 0 Å². The molecule has 0 radical (unpaired) electrons. The van der Waals surface area contributed by atoms with E-state index in [0.717, 1.165) is 30.9 Å². The Bertz CT molecular complexity index is 397. The van der Waals surface area contributed by atoms with Crippen LogP contribution in [0, 0.1) is 0 Å². The van der Waals surface area contributed by atoms with Crippen LogP contribution in [0.4, 0.5) is 0 Å². The molecule has 0 fully saturated rings. The third-order valence-electron chi connectivity index (χ3n) is 3.01. The molecule has 0 saturated heterocycles. The SMILES string of the molecule is CCN(CC)Cc1ccc2c(c1)OCC2=O. The summed E-state index contributed by atoms with van der Waals surface area (Å²) in [6.07, 6.45) is 0. The number of Topliss-reactive ketones (excluding diaryl/α,β-unsaturated/α-hetero) is 1. The largest absolute Gasteiger partial charge is 0.485 e. The number of ether oxygens (including phenoxy) is 1. The van der Waals surface area contributed by atoms with Crippen LogP contribution >= 0.6 is 0 Å². The van der Waals surface area contributed by atoms with E-state index in [2.05, 4.69) is 18.7 Å².